The smallest absolute Gasteiger partial charge is 0.0948 e. The summed E-state index contributed by atoms with van der Waals surface area (Å²) in [6.07, 6.45) is 5.58. The molecule has 0 aliphatic rings. The molecule has 0 bridgehead atoms. The standard InChI is InChI=1S/C6H10N2.C2H6/c1-6(2)8-4-3-7-5-8;1-2/h3-6H,1-2H3;1-2H3. The van der Waals surface area contributed by atoms with Crippen LogP contribution in [0.4, 0.5) is 0 Å². The maximum atomic E-state index is 3.91. The molecule has 0 saturated heterocycles. The zero-order chi connectivity index (χ0) is 7.98. The van der Waals surface area contributed by atoms with Crippen LogP contribution in [0.3, 0.4) is 0 Å². The Morgan fingerprint density at radius 2 is 1.90 bits per heavy atom. The third-order valence-electron chi connectivity index (χ3n) is 1.12. The maximum Gasteiger partial charge on any atom is 0.0948 e. The Kier molecular flexibility index (Phi) is 4.63. The van der Waals surface area contributed by atoms with E-state index in [4.69, 9.17) is 0 Å². The molecule has 0 atom stereocenters. The lowest BCUT2D eigenvalue weighted by atomic mass is 10.4. The second kappa shape index (κ2) is 5.03. The fourth-order valence-electron chi connectivity index (χ4n) is 0.575. The monoisotopic (exact) mass is 140 g/mol. The fraction of sp³-hybridized carbons (Fsp3) is 0.625. The minimum atomic E-state index is 0.539. The molecule has 58 valence electrons. The molecule has 1 rings (SSSR count). The SMILES string of the molecule is CC.CC(C)n1ccnc1. The van der Waals surface area contributed by atoms with Gasteiger partial charge in [-0.05, 0) is 13.8 Å². The van der Waals surface area contributed by atoms with Gasteiger partial charge in [0.2, 0.25) is 0 Å². The first-order valence-electron chi connectivity index (χ1n) is 3.78. The van der Waals surface area contributed by atoms with Crippen LogP contribution in [0.2, 0.25) is 0 Å². The van der Waals surface area contributed by atoms with E-state index in [-0.39, 0.29) is 0 Å². The molecule has 0 amide bonds. The summed E-state index contributed by atoms with van der Waals surface area (Å²) in [5.74, 6) is 0. The molecule has 0 fully saturated rings. The van der Waals surface area contributed by atoms with Crippen molar-refractivity contribution in [3.05, 3.63) is 18.7 Å². The lowest BCUT2D eigenvalue weighted by Gasteiger charge is -2.02. The van der Waals surface area contributed by atoms with Crippen LogP contribution < -0.4 is 0 Å². The van der Waals surface area contributed by atoms with E-state index in [1.807, 2.05) is 26.4 Å². The van der Waals surface area contributed by atoms with E-state index in [0.717, 1.165) is 0 Å². The average Bonchev–Trinajstić information content (AvgIpc) is 2.42. The Labute approximate surface area is 62.9 Å². The highest BCUT2D eigenvalue weighted by atomic mass is 15.0. The molecule has 0 saturated carbocycles. The van der Waals surface area contributed by atoms with E-state index < -0.39 is 0 Å². The Hall–Kier alpha value is -0.790. The van der Waals surface area contributed by atoms with E-state index in [0.29, 0.717) is 6.04 Å². The number of imidazole rings is 1. The molecule has 1 aromatic heterocycles. The summed E-state index contributed by atoms with van der Waals surface area (Å²) in [6.45, 7) is 8.25. The second-order valence-electron chi connectivity index (χ2n) is 2.10. The minimum Gasteiger partial charge on any atom is -0.335 e. The van der Waals surface area contributed by atoms with Gasteiger partial charge >= 0.3 is 0 Å². The van der Waals surface area contributed by atoms with Crippen molar-refractivity contribution in [3.63, 3.8) is 0 Å². The molecule has 0 spiro atoms. The van der Waals surface area contributed by atoms with E-state index in [1.54, 1.807) is 6.20 Å². The summed E-state index contributed by atoms with van der Waals surface area (Å²) in [5.41, 5.74) is 0. The molecule has 0 unspecified atom stereocenters. The van der Waals surface area contributed by atoms with Crippen molar-refractivity contribution in [3.8, 4) is 0 Å². The molecule has 0 aromatic carbocycles. The van der Waals surface area contributed by atoms with Gasteiger partial charge < -0.3 is 4.57 Å². The van der Waals surface area contributed by atoms with Crippen molar-refractivity contribution in [2.45, 2.75) is 33.7 Å². The largest absolute Gasteiger partial charge is 0.335 e. The summed E-state index contributed by atoms with van der Waals surface area (Å²) >= 11 is 0. The lowest BCUT2D eigenvalue weighted by molar-refractivity contribution is 0.600. The highest BCUT2D eigenvalue weighted by molar-refractivity contribution is 4.76. The number of hydrogen-bond acceptors (Lipinski definition) is 1. The van der Waals surface area contributed by atoms with Gasteiger partial charge in [-0.25, -0.2) is 4.98 Å². The Morgan fingerprint density at radius 1 is 1.30 bits per heavy atom. The Morgan fingerprint density at radius 3 is 2.10 bits per heavy atom. The van der Waals surface area contributed by atoms with Crippen molar-refractivity contribution >= 4 is 0 Å². The number of hydrogen-bond donors (Lipinski definition) is 0. The van der Waals surface area contributed by atoms with E-state index in [2.05, 4.69) is 23.4 Å². The van der Waals surface area contributed by atoms with Crippen LogP contribution in [0.5, 0.6) is 0 Å². The lowest BCUT2D eigenvalue weighted by Crippen LogP contribution is -1.95. The predicted molar refractivity (Wildman–Crippen MR) is 44.0 cm³/mol. The van der Waals surface area contributed by atoms with Crippen LogP contribution in [-0.2, 0) is 0 Å². The quantitative estimate of drug-likeness (QED) is 0.586. The van der Waals surface area contributed by atoms with Gasteiger partial charge in [-0.3, -0.25) is 0 Å². The van der Waals surface area contributed by atoms with E-state index in [9.17, 15) is 0 Å². The highest BCUT2D eigenvalue weighted by Gasteiger charge is 1.90. The summed E-state index contributed by atoms with van der Waals surface area (Å²) in [4.78, 5) is 3.91. The Balaban J connectivity index is 0.000000371. The molecule has 2 heteroatoms. The van der Waals surface area contributed by atoms with Crippen LogP contribution in [0.15, 0.2) is 18.7 Å². The summed E-state index contributed by atoms with van der Waals surface area (Å²) in [7, 11) is 0. The average molecular weight is 140 g/mol. The summed E-state index contributed by atoms with van der Waals surface area (Å²) < 4.78 is 2.06. The summed E-state index contributed by atoms with van der Waals surface area (Å²) in [5, 5.41) is 0. The molecule has 0 N–H and O–H groups in total. The maximum absolute atomic E-state index is 3.91. The van der Waals surface area contributed by atoms with Gasteiger partial charge in [0.05, 0.1) is 6.33 Å². The second-order valence-corrected chi connectivity index (χ2v) is 2.10. The molecule has 0 aliphatic heterocycles. The molecular formula is C8H16N2. The van der Waals surface area contributed by atoms with Crippen LogP contribution in [0, 0.1) is 0 Å². The van der Waals surface area contributed by atoms with Gasteiger partial charge in [-0.15, -0.1) is 0 Å². The normalized spacial score (nSPS) is 8.90. The third kappa shape index (κ3) is 2.67. The first kappa shape index (κ1) is 9.21. The highest BCUT2D eigenvalue weighted by Crippen LogP contribution is 1.99. The predicted octanol–water partition coefficient (Wildman–Crippen LogP) is 2.49. The van der Waals surface area contributed by atoms with Crippen molar-refractivity contribution in [2.75, 3.05) is 0 Å². The van der Waals surface area contributed by atoms with E-state index in [1.165, 1.54) is 0 Å². The summed E-state index contributed by atoms with van der Waals surface area (Å²) in [6, 6.07) is 0.539. The molecule has 1 aromatic rings. The van der Waals surface area contributed by atoms with Gasteiger partial charge in [0.15, 0.2) is 0 Å². The number of aromatic nitrogens is 2. The first-order valence-corrected chi connectivity index (χ1v) is 3.78. The van der Waals surface area contributed by atoms with Gasteiger partial charge in [0.25, 0.3) is 0 Å². The zero-order valence-electron chi connectivity index (χ0n) is 7.20. The van der Waals surface area contributed by atoms with Crippen molar-refractivity contribution < 1.29 is 0 Å². The van der Waals surface area contributed by atoms with Crippen molar-refractivity contribution in [2.24, 2.45) is 0 Å². The van der Waals surface area contributed by atoms with Crippen LogP contribution in [-0.4, -0.2) is 9.55 Å². The first-order chi connectivity index (χ1) is 4.80. The zero-order valence-corrected chi connectivity index (χ0v) is 7.20. The topological polar surface area (TPSA) is 17.8 Å². The van der Waals surface area contributed by atoms with Crippen molar-refractivity contribution in [1.29, 1.82) is 0 Å². The van der Waals surface area contributed by atoms with Gasteiger partial charge in [-0.1, -0.05) is 13.8 Å². The van der Waals surface area contributed by atoms with Gasteiger partial charge in [0, 0.05) is 18.4 Å². The van der Waals surface area contributed by atoms with Crippen LogP contribution >= 0.6 is 0 Å². The van der Waals surface area contributed by atoms with Crippen LogP contribution in [0.25, 0.3) is 0 Å². The fourth-order valence-corrected chi connectivity index (χ4v) is 0.575. The van der Waals surface area contributed by atoms with Gasteiger partial charge in [-0.2, -0.15) is 0 Å². The number of rotatable bonds is 1. The van der Waals surface area contributed by atoms with Crippen LogP contribution in [0.1, 0.15) is 33.7 Å². The minimum absolute atomic E-state index is 0.539. The van der Waals surface area contributed by atoms with Crippen molar-refractivity contribution in [1.82, 2.24) is 9.55 Å². The molecule has 0 radical (unpaired) electrons. The molecule has 10 heavy (non-hydrogen) atoms. The molecule has 2 nitrogen and oxygen atoms in total. The number of nitrogens with zero attached hydrogens (tertiary/aromatic N) is 2. The molecule has 1 heterocycles. The molecule has 0 aliphatic carbocycles. The van der Waals surface area contributed by atoms with E-state index >= 15 is 0 Å². The Bertz CT molecular complexity index is 142. The van der Waals surface area contributed by atoms with Gasteiger partial charge in [0.1, 0.15) is 0 Å². The third-order valence-corrected chi connectivity index (χ3v) is 1.12. The molecular weight excluding hydrogens is 124 g/mol.